The van der Waals surface area contributed by atoms with Crippen molar-refractivity contribution >= 4 is 11.6 Å². The minimum atomic E-state index is 0.0410. The molecule has 1 aromatic rings. The Morgan fingerprint density at radius 3 is 2.74 bits per heavy atom. The summed E-state index contributed by atoms with van der Waals surface area (Å²) in [4.78, 5) is 12.1. The first-order valence-electron chi connectivity index (χ1n) is 7.25. The van der Waals surface area contributed by atoms with E-state index < -0.39 is 0 Å². The fourth-order valence-electron chi connectivity index (χ4n) is 2.41. The fourth-order valence-corrected chi connectivity index (χ4v) is 2.41. The van der Waals surface area contributed by atoms with Gasteiger partial charge in [-0.1, -0.05) is 12.8 Å². The van der Waals surface area contributed by atoms with Gasteiger partial charge >= 0.3 is 0 Å². The van der Waals surface area contributed by atoms with Gasteiger partial charge in [-0.05, 0) is 56.9 Å². The average molecular weight is 260 g/mol. The van der Waals surface area contributed by atoms with Gasteiger partial charge in [-0.25, -0.2) is 0 Å². The largest absolute Gasteiger partial charge is 0.385 e. The lowest BCUT2D eigenvalue weighted by atomic mass is 10.1. The van der Waals surface area contributed by atoms with Crippen molar-refractivity contribution in [2.75, 3.05) is 11.9 Å². The molecule has 2 rings (SSSR count). The number of hydrogen-bond acceptors (Lipinski definition) is 2. The average Bonchev–Trinajstić information content (AvgIpc) is 3.15. The van der Waals surface area contributed by atoms with Gasteiger partial charge in [0.25, 0.3) is 5.91 Å². The van der Waals surface area contributed by atoms with Gasteiger partial charge in [-0.15, -0.1) is 0 Å². The van der Waals surface area contributed by atoms with Crippen molar-refractivity contribution in [3.8, 4) is 0 Å². The van der Waals surface area contributed by atoms with Crippen molar-refractivity contribution in [1.29, 1.82) is 0 Å². The van der Waals surface area contributed by atoms with Gasteiger partial charge < -0.3 is 10.6 Å². The lowest BCUT2D eigenvalue weighted by molar-refractivity contribution is 0.0937. The van der Waals surface area contributed by atoms with Gasteiger partial charge in [0.2, 0.25) is 0 Å². The molecule has 104 valence electrons. The lowest BCUT2D eigenvalue weighted by Gasteiger charge is -2.14. The van der Waals surface area contributed by atoms with Crippen LogP contribution in [0.4, 0.5) is 5.69 Å². The smallest absolute Gasteiger partial charge is 0.251 e. The molecule has 0 aliphatic heterocycles. The molecule has 1 aromatic carbocycles. The fraction of sp³-hybridized carbons (Fsp3) is 0.562. The maximum Gasteiger partial charge on any atom is 0.251 e. The van der Waals surface area contributed by atoms with Crippen LogP contribution in [0.5, 0.6) is 0 Å². The molecule has 0 radical (unpaired) electrons. The second kappa shape index (κ2) is 6.09. The van der Waals surface area contributed by atoms with Crippen LogP contribution in [0.25, 0.3) is 0 Å². The summed E-state index contributed by atoms with van der Waals surface area (Å²) < 4.78 is 0. The Hall–Kier alpha value is -1.51. The third kappa shape index (κ3) is 3.98. The van der Waals surface area contributed by atoms with Crippen LogP contribution in [0.15, 0.2) is 18.2 Å². The summed E-state index contributed by atoms with van der Waals surface area (Å²) in [5.74, 6) is 0.882. The second-order valence-corrected chi connectivity index (χ2v) is 5.61. The predicted octanol–water partition coefficient (Wildman–Crippen LogP) is 3.35. The number of amides is 1. The van der Waals surface area contributed by atoms with Gasteiger partial charge in [0.05, 0.1) is 0 Å². The van der Waals surface area contributed by atoms with Crippen LogP contribution < -0.4 is 10.6 Å². The maximum absolute atomic E-state index is 12.1. The molecular formula is C16H24N2O. The Bertz CT molecular complexity index is 452. The van der Waals surface area contributed by atoms with Crippen LogP contribution in [0, 0.1) is 12.8 Å². The third-order valence-corrected chi connectivity index (χ3v) is 3.62. The van der Waals surface area contributed by atoms with E-state index in [0.717, 1.165) is 35.7 Å². The highest BCUT2D eigenvalue weighted by molar-refractivity contribution is 5.95. The summed E-state index contributed by atoms with van der Waals surface area (Å²) in [6, 6.07) is 6.11. The predicted molar refractivity (Wildman–Crippen MR) is 79.6 cm³/mol. The zero-order chi connectivity index (χ0) is 13.8. The van der Waals surface area contributed by atoms with Crippen LogP contribution in [0.3, 0.4) is 0 Å². The first kappa shape index (κ1) is 13.9. The van der Waals surface area contributed by atoms with E-state index in [1.54, 1.807) is 0 Å². The van der Waals surface area contributed by atoms with E-state index in [1.165, 1.54) is 12.8 Å². The summed E-state index contributed by atoms with van der Waals surface area (Å²) >= 11 is 0. The number of carbonyl (C=O) groups is 1. The molecule has 0 heterocycles. The van der Waals surface area contributed by atoms with E-state index in [1.807, 2.05) is 25.1 Å². The monoisotopic (exact) mass is 260 g/mol. The Kier molecular flexibility index (Phi) is 4.46. The Morgan fingerprint density at radius 1 is 1.42 bits per heavy atom. The van der Waals surface area contributed by atoms with E-state index in [-0.39, 0.29) is 11.9 Å². The normalized spacial score (nSPS) is 15.9. The molecule has 3 nitrogen and oxygen atoms in total. The standard InChI is InChI=1S/C16H24N2O/c1-4-17-15-8-7-14(9-11(15)2)16(19)18-12(3)10-13-5-6-13/h7-9,12-13,17H,4-6,10H2,1-3H3,(H,18,19). The number of benzene rings is 1. The van der Waals surface area contributed by atoms with Crippen LogP contribution in [-0.4, -0.2) is 18.5 Å². The van der Waals surface area contributed by atoms with Crippen LogP contribution in [0.1, 0.15) is 49.0 Å². The van der Waals surface area contributed by atoms with Crippen molar-refractivity contribution in [1.82, 2.24) is 5.32 Å². The molecule has 1 atom stereocenters. The molecule has 1 saturated carbocycles. The van der Waals surface area contributed by atoms with Crippen molar-refractivity contribution in [3.63, 3.8) is 0 Å². The summed E-state index contributed by atoms with van der Waals surface area (Å²) in [6.45, 7) is 7.09. The van der Waals surface area contributed by atoms with Crippen LogP contribution >= 0.6 is 0 Å². The minimum Gasteiger partial charge on any atom is -0.385 e. The summed E-state index contributed by atoms with van der Waals surface area (Å²) in [5.41, 5.74) is 2.97. The first-order chi connectivity index (χ1) is 9.10. The van der Waals surface area contributed by atoms with E-state index in [9.17, 15) is 4.79 Å². The van der Waals surface area contributed by atoms with Gasteiger partial charge in [0.1, 0.15) is 0 Å². The van der Waals surface area contributed by atoms with Gasteiger partial charge in [0.15, 0.2) is 0 Å². The highest BCUT2D eigenvalue weighted by Crippen LogP contribution is 2.33. The number of hydrogen-bond donors (Lipinski definition) is 2. The molecule has 0 saturated heterocycles. The van der Waals surface area contributed by atoms with Crippen LogP contribution in [0.2, 0.25) is 0 Å². The first-order valence-corrected chi connectivity index (χ1v) is 7.25. The van der Waals surface area contributed by atoms with E-state index in [2.05, 4.69) is 24.5 Å². The summed E-state index contributed by atoms with van der Waals surface area (Å²) in [7, 11) is 0. The van der Waals surface area contributed by atoms with E-state index in [4.69, 9.17) is 0 Å². The molecular weight excluding hydrogens is 236 g/mol. The topological polar surface area (TPSA) is 41.1 Å². The quantitative estimate of drug-likeness (QED) is 0.823. The zero-order valence-electron chi connectivity index (χ0n) is 12.1. The lowest BCUT2D eigenvalue weighted by Crippen LogP contribution is -2.32. The molecule has 1 amide bonds. The second-order valence-electron chi connectivity index (χ2n) is 5.61. The van der Waals surface area contributed by atoms with Crippen LogP contribution in [-0.2, 0) is 0 Å². The van der Waals surface area contributed by atoms with Crippen molar-refractivity contribution in [2.45, 2.75) is 46.1 Å². The molecule has 1 aliphatic rings. The Morgan fingerprint density at radius 2 is 2.16 bits per heavy atom. The molecule has 19 heavy (non-hydrogen) atoms. The maximum atomic E-state index is 12.1. The number of rotatable bonds is 6. The Balaban J connectivity index is 1.95. The van der Waals surface area contributed by atoms with Gasteiger partial charge in [0, 0.05) is 23.8 Å². The van der Waals surface area contributed by atoms with E-state index in [0.29, 0.717) is 0 Å². The summed E-state index contributed by atoms with van der Waals surface area (Å²) in [5, 5.41) is 6.37. The number of anilines is 1. The van der Waals surface area contributed by atoms with Crippen molar-refractivity contribution in [2.24, 2.45) is 5.92 Å². The minimum absolute atomic E-state index is 0.0410. The Labute approximate surface area is 115 Å². The molecule has 1 aliphatic carbocycles. The molecule has 0 aromatic heterocycles. The molecule has 1 fully saturated rings. The molecule has 3 heteroatoms. The van der Waals surface area contributed by atoms with Gasteiger partial charge in [-0.2, -0.15) is 0 Å². The number of aryl methyl sites for hydroxylation is 1. The SMILES string of the molecule is CCNc1ccc(C(=O)NC(C)CC2CC2)cc1C. The van der Waals surface area contributed by atoms with Crippen molar-refractivity contribution < 1.29 is 4.79 Å². The van der Waals surface area contributed by atoms with Gasteiger partial charge in [-0.3, -0.25) is 4.79 Å². The zero-order valence-corrected chi connectivity index (χ0v) is 12.1. The summed E-state index contributed by atoms with van der Waals surface area (Å²) in [6.07, 6.45) is 3.77. The third-order valence-electron chi connectivity index (χ3n) is 3.62. The van der Waals surface area contributed by atoms with E-state index >= 15 is 0 Å². The van der Waals surface area contributed by atoms with Crippen molar-refractivity contribution in [3.05, 3.63) is 29.3 Å². The highest BCUT2D eigenvalue weighted by Gasteiger charge is 2.24. The molecule has 0 bridgehead atoms. The molecule has 0 spiro atoms. The number of nitrogens with one attached hydrogen (secondary N) is 2. The number of carbonyl (C=O) groups excluding carboxylic acids is 1. The molecule has 1 unspecified atom stereocenters. The molecule has 2 N–H and O–H groups in total. The highest BCUT2D eigenvalue weighted by atomic mass is 16.1.